The maximum Gasteiger partial charge on any atom is 0.00111 e. The van der Waals surface area contributed by atoms with Gasteiger partial charge in [-0.1, -0.05) is 62.4 Å². The number of rotatable bonds is 0. The Hall–Kier alpha value is -1.82. The molecule has 1 aliphatic rings. The molecule has 0 radical (unpaired) electrons. The van der Waals surface area contributed by atoms with Crippen molar-refractivity contribution in [1.82, 2.24) is 0 Å². The van der Waals surface area contributed by atoms with Gasteiger partial charge in [-0.25, -0.2) is 0 Å². The molecule has 18 heavy (non-hydrogen) atoms. The third-order valence-electron chi connectivity index (χ3n) is 3.76. The zero-order valence-electron chi connectivity index (χ0n) is 11.2. The topological polar surface area (TPSA) is 0 Å². The molecule has 0 spiro atoms. The Labute approximate surface area is 109 Å². The van der Waals surface area contributed by atoms with Gasteiger partial charge >= 0.3 is 0 Å². The van der Waals surface area contributed by atoms with Crippen LogP contribution in [-0.2, 0) is 0 Å². The van der Waals surface area contributed by atoms with E-state index in [1.165, 1.54) is 27.5 Å². The zero-order valence-corrected chi connectivity index (χ0v) is 11.2. The van der Waals surface area contributed by atoms with E-state index in [2.05, 4.69) is 75.4 Å². The standard InChI is InChI=1S/C18H18/c1-13-16-7-5-4-6-14(16)12-15-8-10-18(2,3)11-9-17(13)15/h4-12H,1-3H3. The molecule has 0 nitrogen and oxygen atoms in total. The maximum atomic E-state index is 2.29. The molecule has 3 rings (SSSR count). The Kier molecular flexibility index (Phi) is 2.41. The molecule has 2 aromatic rings. The summed E-state index contributed by atoms with van der Waals surface area (Å²) in [7, 11) is 0. The third kappa shape index (κ3) is 1.78. The van der Waals surface area contributed by atoms with E-state index in [4.69, 9.17) is 0 Å². The van der Waals surface area contributed by atoms with Crippen LogP contribution in [0.15, 0.2) is 42.5 Å². The van der Waals surface area contributed by atoms with Crippen molar-refractivity contribution in [3.63, 3.8) is 0 Å². The molecule has 0 aliphatic heterocycles. The summed E-state index contributed by atoms with van der Waals surface area (Å²) in [5, 5.41) is 2.68. The fraction of sp³-hybridized carbons (Fsp3) is 0.222. The van der Waals surface area contributed by atoms with Crippen LogP contribution in [0.1, 0.15) is 30.5 Å². The summed E-state index contributed by atoms with van der Waals surface area (Å²) < 4.78 is 0. The monoisotopic (exact) mass is 234 g/mol. The lowest BCUT2D eigenvalue weighted by Crippen LogP contribution is -2.00. The van der Waals surface area contributed by atoms with E-state index in [9.17, 15) is 0 Å². The highest BCUT2D eigenvalue weighted by molar-refractivity contribution is 5.92. The van der Waals surface area contributed by atoms with E-state index in [-0.39, 0.29) is 5.41 Å². The van der Waals surface area contributed by atoms with E-state index in [1.807, 2.05) is 0 Å². The predicted octanol–water partition coefficient (Wildman–Crippen LogP) is 5.21. The van der Waals surface area contributed by atoms with Gasteiger partial charge < -0.3 is 0 Å². The van der Waals surface area contributed by atoms with Gasteiger partial charge in [0.2, 0.25) is 0 Å². The number of fused-ring (bicyclic) bond motifs is 2. The Morgan fingerprint density at radius 1 is 0.944 bits per heavy atom. The molecule has 0 unspecified atom stereocenters. The number of hydrogen-bond acceptors (Lipinski definition) is 0. The van der Waals surface area contributed by atoms with Gasteiger partial charge in [-0.2, -0.15) is 0 Å². The van der Waals surface area contributed by atoms with Gasteiger partial charge in [-0.15, -0.1) is 0 Å². The second-order valence-electron chi connectivity index (χ2n) is 5.71. The molecule has 0 atom stereocenters. The molecule has 0 amide bonds. The highest BCUT2D eigenvalue weighted by Gasteiger charge is 2.14. The van der Waals surface area contributed by atoms with Crippen LogP contribution in [0, 0.1) is 12.3 Å². The Balaban J connectivity index is 2.35. The summed E-state index contributed by atoms with van der Waals surface area (Å²) in [6.45, 7) is 6.69. The molecule has 0 heteroatoms. The largest absolute Gasteiger partial charge is 0.0745 e. The Bertz CT molecular complexity index is 670. The quantitative estimate of drug-likeness (QED) is 0.586. The van der Waals surface area contributed by atoms with Gasteiger partial charge in [0.1, 0.15) is 0 Å². The SMILES string of the molecule is Cc1c2c(cc3ccccc13)C=CC(C)(C)C=C2. The van der Waals surface area contributed by atoms with Crippen molar-refractivity contribution in [2.75, 3.05) is 0 Å². The molecular weight excluding hydrogens is 216 g/mol. The van der Waals surface area contributed by atoms with Crippen molar-refractivity contribution in [1.29, 1.82) is 0 Å². The normalized spacial score (nSPS) is 16.6. The fourth-order valence-corrected chi connectivity index (χ4v) is 2.59. The molecule has 0 aromatic heterocycles. The minimum Gasteiger partial charge on any atom is -0.0745 e. The van der Waals surface area contributed by atoms with Crippen molar-refractivity contribution in [2.45, 2.75) is 20.8 Å². The average Bonchev–Trinajstić information content (AvgIpc) is 2.50. The van der Waals surface area contributed by atoms with Gasteiger partial charge in [-0.05, 0) is 40.5 Å². The second kappa shape index (κ2) is 3.84. The highest BCUT2D eigenvalue weighted by atomic mass is 14.2. The van der Waals surface area contributed by atoms with Gasteiger partial charge in [0.25, 0.3) is 0 Å². The molecule has 0 heterocycles. The summed E-state index contributed by atoms with van der Waals surface area (Å²) in [5.74, 6) is 0. The van der Waals surface area contributed by atoms with Gasteiger partial charge in [0, 0.05) is 5.41 Å². The number of allylic oxidation sites excluding steroid dienone is 2. The molecule has 1 aliphatic carbocycles. The van der Waals surface area contributed by atoms with Crippen molar-refractivity contribution in [2.24, 2.45) is 5.41 Å². The summed E-state index contributed by atoms with van der Waals surface area (Å²) in [4.78, 5) is 0. The molecule has 2 aromatic carbocycles. The lowest BCUT2D eigenvalue weighted by atomic mass is 9.93. The smallest absolute Gasteiger partial charge is 0.00111 e. The number of benzene rings is 2. The molecule has 0 bridgehead atoms. The van der Waals surface area contributed by atoms with Gasteiger partial charge in [0.05, 0.1) is 0 Å². The number of hydrogen-bond donors (Lipinski definition) is 0. The minimum absolute atomic E-state index is 0.137. The average molecular weight is 234 g/mol. The first-order chi connectivity index (χ1) is 8.57. The van der Waals surface area contributed by atoms with Crippen LogP contribution in [0.25, 0.3) is 22.9 Å². The van der Waals surface area contributed by atoms with Crippen molar-refractivity contribution >= 4 is 22.9 Å². The molecule has 90 valence electrons. The van der Waals surface area contributed by atoms with Gasteiger partial charge in [0.15, 0.2) is 0 Å². The summed E-state index contributed by atoms with van der Waals surface area (Å²) >= 11 is 0. The van der Waals surface area contributed by atoms with Crippen LogP contribution in [-0.4, -0.2) is 0 Å². The van der Waals surface area contributed by atoms with E-state index in [0.717, 1.165) is 0 Å². The first-order valence-corrected chi connectivity index (χ1v) is 6.48. The maximum absolute atomic E-state index is 2.29. The van der Waals surface area contributed by atoms with E-state index in [0.29, 0.717) is 0 Å². The summed E-state index contributed by atoms with van der Waals surface area (Å²) in [6, 6.07) is 10.9. The zero-order chi connectivity index (χ0) is 12.8. The highest BCUT2D eigenvalue weighted by Crippen LogP contribution is 2.32. The van der Waals surface area contributed by atoms with Crippen LogP contribution in [0.3, 0.4) is 0 Å². The molecular formula is C18H18. The molecule has 0 N–H and O–H groups in total. The molecule has 0 saturated heterocycles. The second-order valence-corrected chi connectivity index (χ2v) is 5.71. The van der Waals surface area contributed by atoms with Crippen LogP contribution in [0.4, 0.5) is 0 Å². The number of aryl methyl sites for hydroxylation is 1. The van der Waals surface area contributed by atoms with Crippen LogP contribution in [0.5, 0.6) is 0 Å². The van der Waals surface area contributed by atoms with E-state index >= 15 is 0 Å². The minimum atomic E-state index is 0.137. The Morgan fingerprint density at radius 3 is 2.50 bits per heavy atom. The summed E-state index contributed by atoms with van der Waals surface area (Å²) in [5.41, 5.74) is 4.20. The van der Waals surface area contributed by atoms with E-state index < -0.39 is 0 Å². The lowest BCUT2D eigenvalue weighted by Gasteiger charge is -2.12. The Morgan fingerprint density at radius 2 is 1.67 bits per heavy atom. The van der Waals surface area contributed by atoms with Crippen LogP contribution < -0.4 is 0 Å². The van der Waals surface area contributed by atoms with Gasteiger partial charge in [-0.3, -0.25) is 0 Å². The van der Waals surface area contributed by atoms with Crippen molar-refractivity contribution in [3.05, 3.63) is 59.2 Å². The van der Waals surface area contributed by atoms with Crippen LogP contribution >= 0.6 is 0 Å². The van der Waals surface area contributed by atoms with Crippen molar-refractivity contribution in [3.8, 4) is 0 Å². The molecule has 0 saturated carbocycles. The summed E-state index contributed by atoms with van der Waals surface area (Å²) in [6.07, 6.45) is 9.10. The van der Waals surface area contributed by atoms with E-state index in [1.54, 1.807) is 0 Å². The predicted molar refractivity (Wildman–Crippen MR) is 80.5 cm³/mol. The lowest BCUT2D eigenvalue weighted by molar-refractivity contribution is 0.633. The third-order valence-corrected chi connectivity index (χ3v) is 3.76. The van der Waals surface area contributed by atoms with Crippen LogP contribution in [0.2, 0.25) is 0 Å². The first kappa shape index (κ1) is 11.3. The fourth-order valence-electron chi connectivity index (χ4n) is 2.59. The molecule has 0 fully saturated rings. The van der Waals surface area contributed by atoms with Crippen molar-refractivity contribution < 1.29 is 0 Å². The first-order valence-electron chi connectivity index (χ1n) is 6.48.